The molecule has 7 heteroatoms. The maximum atomic E-state index is 12.4. The molecule has 1 heterocycles. The average molecular weight is 308 g/mol. The third kappa shape index (κ3) is 3.31. The summed E-state index contributed by atoms with van der Waals surface area (Å²) in [5.74, 6) is -0.291. The third-order valence-corrected chi connectivity index (χ3v) is 3.98. The maximum Gasteiger partial charge on any atom is 0.271 e. The Morgan fingerprint density at radius 3 is 2.57 bits per heavy atom. The topological polar surface area (TPSA) is 87.2 Å². The summed E-state index contributed by atoms with van der Waals surface area (Å²) < 4.78 is 0. The first-order valence-corrected chi connectivity index (χ1v) is 6.88. The first-order valence-electron chi connectivity index (χ1n) is 6.50. The molecular weight excluding hydrogens is 294 g/mol. The molecule has 110 valence electrons. The zero-order chi connectivity index (χ0) is 15.6. The molecule has 2 rings (SSSR count). The molecule has 1 aromatic carbocycles. The van der Waals surface area contributed by atoms with Crippen molar-refractivity contribution in [3.8, 4) is 6.07 Å². The number of piperidine rings is 1. The highest BCUT2D eigenvalue weighted by Crippen LogP contribution is 2.31. The number of nitrogens with zero attached hydrogens (tertiary/aromatic N) is 3. The van der Waals surface area contributed by atoms with Gasteiger partial charge in [0.2, 0.25) is 0 Å². The van der Waals surface area contributed by atoms with Gasteiger partial charge >= 0.3 is 0 Å². The molecule has 0 aliphatic carbocycles. The van der Waals surface area contributed by atoms with Gasteiger partial charge in [-0.15, -0.1) is 0 Å². The summed E-state index contributed by atoms with van der Waals surface area (Å²) in [5.41, 5.74) is -0.406. The Balaban J connectivity index is 2.18. The van der Waals surface area contributed by atoms with Crippen molar-refractivity contribution in [3.63, 3.8) is 0 Å². The number of hydrogen-bond donors (Lipinski definition) is 0. The largest absolute Gasteiger partial charge is 0.339 e. The van der Waals surface area contributed by atoms with Crippen LogP contribution in [0.4, 0.5) is 5.69 Å². The fraction of sp³-hybridized carbons (Fsp3) is 0.429. The number of nitriles is 1. The quantitative estimate of drug-likeness (QED) is 0.620. The number of carbonyl (C=O) groups is 1. The van der Waals surface area contributed by atoms with E-state index in [0.717, 1.165) is 0 Å². The standard InChI is InChI=1S/C14H14ClN3O3/c1-14(9-16)2-4-17(5-3-14)13(19)10-6-11(15)8-12(7-10)18(20)21/h6-8H,2-5H2,1H3. The number of non-ortho nitro benzene ring substituents is 1. The predicted octanol–water partition coefficient (Wildman–Crippen LogP) is 3.01. The summed E-state index contributed by atoms with van der Waals surface area (Å²) in [6.07, 6.45) is 1.19. The van der Waals surface area contributed by atoms with Gasteiger partial charge in [0, 0.05) is 35.8 Å². The Bertz CT molecular complexity index is 631. The highest BCUT2D eigenvalue weighted by Gasteiger charge is 2.32. The molecular formula is C14H14ClN3O3. The van der Waals surface area contributed by atoms with Crippen molar-refractivity contribution in [1.82, 2.24) is 4.90 Å². The van der Waals surface area contributed by atoms with Crippen molar-refractivity contribution in [3.05, 3.63) is 38.9 Å². The van der Waals surface area contributed by atoms with Crippen LogP contribution in [-0.2, 0) is 0 Å². The Labute approximate surface area is 127 Å². The van der Waals surface area contributed by atoms with Crippen molar-refractivity contribution in [2.75, 3.05) is 13.1 Å². The zero-order valence-corrected chi connectivity index (χ0v) is 12.3. The Kier molecular flexibility index (Phi) is 4.14. The van der Waals surface area contributed by atoms with Crippen molar-refractivity contribution >= 4 is 23.2 Å². The minimum atomic E-state index is -0.578. The molecule has 0 unspecified atom stereocenters. The number of rotatable bonds is 2. The predicted molar refractivity (Wildman–Crippen MR) is 77.0 cm³/mol. The molecule has 1 saturated heterocycles. The van der Waals surface area contributed by atoms with Gasteiger partial charge < -0.3 is 4.90 Å². The molecule has 0 N–H and O–H groups in total. The monoisotopic (exact) mass is 307 g/mol. The van der Waals surface area contributed by atoms with Gasteiger partial charge in [0.05, 0.1) is 16.4 Å². The van der Waals surface area contributed by atoms with E-state index in [-0.39, 0.29) is 22.2 Å². The van der Waals surface area contributed by atoms with E-state index in [4.69, 9.17) is 16.9 Å². The molecule has 0 radical (unpaired) electrons. The van der Waals surface area contributed by atoms with Crippen molar-refractivity contribution < 1.29 is 9.72 Å². The Morgan fingerprint density at radius 1 is 1.43 bits per heavy atom. The zero-order valence-electron chi connectivity index (χ0n) is 11.5. The van der Waals surface area contributed by atoms with E-state index in [1.54, 1.807) is 4.90 Å². The van der Waals surface area contributed by atoms with Gasteiger partial charge in [-0.05, 0) is 25.8 Å². The number of likely N-dealkylation sites (tertiary alicyclic amines) is 1. The number of halogens is 1. The van der Waals surface area contributed by atoms with E-state index >= 15 is 0 Å². The van der Waals surface area contributed by atoms with E-state index in [1.165, 1.54) is 18.2 Å². The number of carbonyl (C=O) groups excluding carboxylic acids is 1. The van der Waals surface area contributed by atoms with Gasteiger partial charge in [-0.1, -0.05) is 11.6 Å². The smallest absolute Gasteiger partial charge is 0.271 e. The molecule has 6 nitrogen and oxygen atoms in total. The van der Waals surface area contributed by atoms with E-state index < -0.39 is 10.3 Å². The van der Waals surface area contributed by atoms with Crippen LogP contribution in [0.3, 0.4) is 0 Å². The van der Waals surface area contributed by atoms with Crippen molar-refractivity contribution in [2.45, 2.75) is 19.8 Å². The average Bonchev–Trinajstić information content (AvgIpc) is 2.46. The number of benzene rings is 1. The molecule has 0 atom stereocenters. The lowest BCUT2D eigenvalue weighted by Crippen LogP contribution is -2.41. The van der Waals surface area contributed by atoms with E-state index in [2.05, 4.69) is 6.07 Å². The fourth-order valence-corrected chi connectivity index (χ4v) is 2.53. The fourth-order valence-electron chi connectivity index (χ4n) is 2.30. The van der Waals surface area contributed by atoms with Crippen LogP contribution < -0.4 is 0 Å². The second-order valence-electron chi connectivity index (χ2n) is 5.42. The number of amides is 1. The van der Waals surface area contributed by atoms with Gasteiger partial charge in [-0.2, -0.15) is 5.26 Å². The maximum absolute atomic E-state index is 12.4. The normalized spacial score (nSPS) is 17.1. The lowest BCUT2D eigenvalue weighted by Gasteiger charge is -2.34. The van der Waals surface area contributed by atoms with Crippen LogP contribution >= 0.6 is 11.6 Å². The van der Waals surface area contributed by atoms with Crippen molar-refractivity contribution in [1.29, 1.82) is 5.26 Å². The minimum absolute atomic E-state index is 0.159. The first kappa shape index (κ1) is 15.3. The summed E-state index contributed by atoms with van der Waals surface area (Å²) in [5, 5.41) is 20.1. The van der Waals surface area contributed by atoms with Gasteiger partial charge in [0.1, 0.15) is 0 Å². The summed E-state index contributed by atoms with van der Waals surface area (Å²) in [7, 11) is 0. The lowest BCUT2D eigenvalue weighted by atomic mass is 9.82. The molecule has 0 bridgehead atoms. The highest BCUT2D eigenvalue weighted by molar-refractivity contribution is 6.31. The molecule has 0 saturated carbocycles. The summed E-state index contributed by atoms with van der Waals surface area (Å²) in [6.45, 7) is 2.80. The Hall–Kier alpha value is -2.13. The van der Waals surface area contributed by atoms with Crippen LogP contribution in [0.15, 0.2) is 18.2 Å². The summed E-state index contributed by atoms with van der Waals surface area (Å²) >= 11 is 5.83. The number of hydrogen-bond acceptors (Lipinski definition) is 4. The summed E-state index contributed by atoms with van der Waals surface area (Å²) in [4.78, 5) is 24.2. The number of nitro groups is 1. The van der Waals surface area contributed by atoms with Crippen molar-refractivity contribution in [2.24, 2.45) is 5.41 Å². The molecule has 21 heavy (non-hydrogen) atoms. The first-order chi connectivity index (χ1) is 9.84. The third-order valence-electron chi connectivity index (χ3n) is 3.76. The van der Waals surface area contributed by atoms with Crippen LogP contribution in [0.5, 0.6) is 0 Å². The Morgan fingerprint density at radius 2 is 2.05 bits per heavy atom. The molecule has 1 fully saturated rings. The molecule has 1 aliphatic heterocycles. The molecule has 1 aromatic rings. The van der Waals surface area contributed by atoms with Crippen LogP contribution in [0.1, 0.15) is 30.1 Å². The summed E-state index contributed by atoms with van der Waals surface area (Å²) in [6, 6.07) is 6.13. The number of nitro benzene ring substituents is 1. The van der Waals surface area contributed by atoms with E-state index in [0.29, 0.717) is 25.9 Å². The van der Waals surface area contributed by atoms with Gasteiger partial charge in [-0.3, -0.25) is 14.9 Å². The lowest BCUT2D eigenvalue weighted by molar-refractivity contribution is -0.384. The second kappa shape index (κ2) is 5.70. The van der Waals surface area contributed by atoms with Crippen LogP contribution in [0.25, 0.3) is 0 Å². The second-order valence-corrected chi connectivity index (χ2v) is 5.86. The molecule has 0 spiro atoms. The molecule has 0 aromatic heterocycles. The van der Waals surface area contributed by atoms with Gasteiger partial charge in [0.15, 0.2) is 0 Å². The SMILES string of the molecule is CC1(C#N)CCN(C(=O)c2cc(Cl)cc([N+](=O)[O-])c2)CC1. The van der Waals surface area contributed by atoms with E-state index in [9.17, 15) is 14.9 Å². The highest BCUT2D eigenvalue weighted by atomic mass is 35.5. The molecule has 1 amide bonds. The van der Waals surface area contributed by atoms with Gasteiger partial charge in [0.25, 0.3) is 11.6 Å². The van der Waals surface area contributed by atoms with E-state index in [1.807, 2.05) is 6.92 Å². The van der Waals surface area contributed by atoms with Gasteiger partial charge in [-0.25, -0.2) is 0 Å². The van der Waals surface area contributed by atoms with Crippen LogP contribution in [-0.4, -0.2) is 28.8 Å². The molecule has 1 aliphatic rings. The van der Waals surface area contributed by atoms with Crippen LogP contribution in [0, 0.1) is 26.9 Å². The van der Waals surface area contributed by atoms with Crippen LogP contribution in [0.2, 0.25) is 5.02 Å². The minimum Gasteiger partial charge on any atom is -0.339 e.